The second-order valence-corrected chi connectivity index (χ2v) is 5.80. The summed E-state index contributed by atoms with van der Waals surface area (Å²) in [5.41, 5.74) is 0. The van der Waals surface area contributed by atoms with Gasteiger partial charge in [-0.05, 0) is 12.3 Å². The molecule has 1 aromatic rings. The lowest BCUT2D eigenvalue weighted by Gasteiger charge is -2.14. The van der Waals surface area contributed by atoms with E-state index in [-0.39, 0.29) is 0 Å². The lowest BCUT2D eigenvalue weighted by molar-refractivity contribution is 0.503. The molecule has 120 valence electrons. The van der Waals surface area contributed by atoms with Gasteiger partial charge < -0.3 is 15.2 Å². The van der Waals surface area contributed by atoms with Gasteiger partial charge in [-0.25, -0.2) is 4.98 Å². The maximum absolute atomic E-state index is 4.41. The van der Waals surface area contributed by atoms with Gasteiger partial charge >= 0.3 is 0 Å². The van der Waals surface area contributed by atoms with E-state index in [1.165, 1.54) is 25.7 Å². The van der Waals surface area contributed by atoms with E-state index in [9.17, 15) is 0 Å². The van der Waals surface area contributed by atoms with Crippen molar-refractivity contribution in [3.8, 4) is 0 Å². The van der Waals surface area contributed by atoms with E-state index in [1.807, 2.05) is 19.4 Å². The summed E-state index contributed by atoms with van der Waals surface area (Å²) >= 11 is 0. The van der Waals surface area contributed by atoms with Gasteiger partial charge in [-0.15, -0.1) is 0 Å². The minimum atomic E-state index is 0.619. The molecule has 0 fully saturated rings. The number of hydrogen-bond acceptors (Lipinski definition) is 2. The monoisotopic (exact) mass is 293 g/mol. The molecule has 5 heteroatoms. The largest absolute Gasteiger partial charge is 0.356 e. The molecule has 5 nitrogen and oxygen atoms in total. The number of nitrogens with one attached hydrogen (secondary N) is 2. The smallest absolute Gasteiger partial charge is 0.191 e. The molecule has 0 saturated carbocycles. The molecule has 0 unspecified atom stereocenters. The highest BCUT2D eigenvalue weighted by Crippen LogP contribution is 2.03. The highest BCUT2D eigenvalue weighted by molar-refractivity contribution is 5.79. The first-order chi connectivity index (χ1) is 10.2. The van der Waals surface area contributed by atoms with Crippen molar-refractivity contribution in [2.45, 2.75) is 59.5 Å². The fourth-order valence-electron chi connectivity index (χ4n) is 2.21. The molecule has 2 N–H and O–H groups in total. The molecule has 0 atom stereocenters. The number of hydrogen-bond donors (Lipinski definition) is 2. The molecule has 0 aliphatic heterocycles. The minimum absolute atomic E-state index is 0.619. The average Bonchev–Trinajstić information content (AvgIpc) is 2.88. The molecule has 21 heavy (non-hydrogen) atoms. The third-order valence-electron chi connectivity index (χ3n) is 3.32. The Labute approximate surface area is 129 Å². The molecule has 0 bridgehead atoms. The van der Waals surface area contributed by atoms with Crippen LogP contribution in [0.3, 0.4) is 0 Å². The molecule has 0 spiro atoms. The van der Waals surface area contributed by atoms with Gasteiger partial charge in [0.1, 0.15) is 5.82 Å². The highest BCUT2D eigenvalue weighted by Gasteiger charge is 2.05. The van der Waals surface area contributed by atoms with Crippen LogP contribution in [0.1, 0.15) is 52.3 Å². The van der Waals surface area contributed by atoms with Crippen LogP contribution in [-0.2, 0) is 13.1 Å². The molecule has 1 rings (SSSR count). The summed E-state index contributed by atoms with van der Waals surface area (Å²) in [6, 6.07) is 0. The molecule has 0 aliphatic rings. The molecular formula is C16H31N5. The fourth-order valence-corrected chi connectivity index (χ4v) is 2.21. The summed E-state index contributed by atoms with van der Waals surface area (Å²) in [5.74, 6) is 2.53. The van der Waals surface area contributed by atoms with Crippen molar-refractivity contribution in [1.29, 1.82) is 0 Å². The van der Waals surface area contributed by atoms with Gasteiger partial charge in [-0.3, -0.25) is 4.99 Å². The van der Waals surface area contributed by atoms with Gasteiger partial charge in [0.25, 0.3) is 0 Å². The Morgan fingerprint density at radius 3 is 2.76 bits per heavy atom. The Hall–Kier alpha value is -1.52. The van der Waals surface area contributed by atoms with Crippen LogP contribution in [-0.4, -0.2) is 29.1 Å². The van der Waals surface area contributed by atoms with E-state index in [0.29, 0.717) is 12.5 Å². The second kappa shape index (κ2) is 10.2. The predicted octanol–water partition coefficient (Wildman–Crippen LogP) is 2.78. The van der Waals surface area contributed by atoms with Crippen LogP contribution < -0.4 is 10.6 Å². The Kier molecular flexibility index (Phi) is 8.55. The fraction of sp³-hybridized carbons (Fsp3) is 0.750. The molecule has 0 aromatic carbocycles. The number of guanidine groups is 1. The van der Waals surface area contributed by atoms with Crippen molar-refractivity contribution >= 4 is 5.96 Å². The van der Waals surface area contributed by atoms with E-state index >= 15 is 0 Å². The van der Waals surface area contributed by atoms with Crippen molar-refractivity contribution in [2.75, 3.05) is 13.6 Å². The van der Waals surface area contributed by atoms with Crippen LogP contribution in [0.15, 0.2) is 17.4 Å². The van der Waals surface area contributed by atoms with E-state index < -0.39 is 0 Å². The molecule has 1 aromatic heterocycles. The summed E-state index contributed by atoms with van der Waals surface area (Å²) in [6.07, 6.45) is 8.94. The normalized spacial score (nSPS) is 12.0. The average molecular weight is 293 g/mol. The first kappa shape index (κ1) is 17.5. The van der Waals surface area contributed by atoms with Crippen molar-refractivity contribution < 1.29 is 0 Å². The summed E-state index contributed by atoms with van der Waals surface area (Å²) in [5, 5.41) is 6.68. The summed E-state index contributed by atoms with van der Waals surface area (Å²) in [7, 11) is 1.81. The summed E-state index contributed by atoms with van der Waals surface area (Å²) in [4.78, 5) is 8.67. The van der Waals surface area contributed by atoms with Crippen LogP contribution >= 0.6 is 0 Å². The molecule has 0 amide bonds. The Morgan fingerprint density at radius 2 is 2.10 bits per heavy atom. The van der Waals surface area contributed by atoms with Gasteiger partial charge in [0.2, 0.25) is 0 Å². The van der Waals surface area contributed by atoms with Crippen molar-refractivity contribution in [2.24, 2.45) is 10.9 Å². The van der Waals surface area contributed by atoms with Gasteiger partial charge in [-0.1, -0.05) is 40.0 Å². The van der Waals surface area contributed by atoms with E-state index in [1.54, 1.807) is 0 Å². The summed E-state index contributed by atoms with van der Waals surface area (Å²) < 4.78 is 2.20. The number of aromatic nitrogens is 2. The van der Waals surface area contributed by atoms with Crippen LogP contribution in [0.25, 0.3) is 0 Å². The van der Waals surface area contributed by atoms with Crippen LogP contribution in [0.4, 0.5) is 0 Å². The molecule has 1 heterocycles. The Bertz CT molecular complexity index is 409. The Morgan fingerprint density at radius 1 is 1.29 bits per heavy atom. The first-order valence-corrected chi connectivity index (χ1v) is 8.11. The quantitative estimate of drug-likeness (QED) is 0.418. The van der Waals surface area contributed by atoms with Gasteiger partial charge in [0.05, 0.1) is 6.54 Å². The number of aliphatic imine (C=N–C) groups is 1. The molecule has 0 saturated heterocycles. The maximum Gasteiger partial charge on any atom is 0.191 e. The number of imidazole rings is 1. The van der Waals surface area contributed by atoms with Crippen molar-refractivity contribution in [1.82, 2.24) is 20.2 Å². The Balaban J connectivity index is 2.33. The maximum atomic E-state index is 4.41. The zero-order valence-corrected chi connectivity index (χ0v) is 14.0. The van der Waals surface area contributed by atoms with Gasteiger partial charge in [-0.2, -0.15) is 0 Å². The van der Waals surface area contributed by atoms with Crippen LogP contribution in [0, 0.1) is 5.92 Å². The van der Waals surface area contributed by atoms with Crippen LogP contribution in [0.5, 0.6) is 0 Å². The van der Waals surface area contributed by atoms with Crippen LogP contribution in [0.2, 0.25) is 0 Å². The highest BCUT2D eigenvalue weighted by atomic mass is 15.2. The SMILES string of the molecule is CCCCCCNC(=NC)NCc1nccn1CC(C)C. The van der Waals surface area contributed by atoms with E-state index in [2.05, 4.69) is 45.9 Å². The van der Waals surface area contributed by atoms with Gasteiger partial charge in [0.15, 0.2) is 5.96 Å². The van der Waals surface area contributed by atoms with Gasteiger partial charge in [0, 0.05) is 32.5 Å². The molecular weight excluding hydrogens is 262 g/mol. The third kappa shape index (κ3) is 7.16. The van der Waals surface area contributed by atoms with E-state index in [0.717, 1.165) is 24.9 Å². The predicted molar refractivity (Wildman–Crippen MR) is 89.4 cm³/mol. The van der Waals surface area contributed by atoms with E-state index in [4.69, 9.17) is 0 Å². The zero-order chi connectivity index (χ0) is 15.5. The second-order valence-electron chi connectivity index (χ2n) is 5.80. The zero-order valence-electron chi connectivity index (χ0n) is 14.0. The number of nitrogens with zero attached hydrogens (tertiary/aromatic N) is 3. The summed E-state index contributed by atoms with van der Waals surface area (Å²) in [6.45, 7) is 9.34. The number of unbranched alkanes of at least 4 members (excludes halogenated alkanes) is 3. The lowest BCUT2D eigenvalue weighted by Crippen LogP contribution is -2.37. The number of rotatable bonds is 9. The molecule has 0 radical (unpaired) electrons. The lowest BCUT2D eigenvalue weighted by atomic mass is 10.2. The molecule has 0 aliphatic carbocycles. The standard InChI is InChI=1S/C16H31N5/c1-5-6-7-8-9-19-16(17-4)20-12-15-18-10-11-21(15)13-14(2)3/h10-11,14H,5-9,12-13H2,1-4H3,(H2,17,19,20). The minimum Gasteiger partial charge on any atom is -0.356 e. The first-order valence-electron chi connectivity index (χ1n) is 8.11. The van der Waals surface area contributed by atoms with Crippen molar-refractivity contribution in [3.63, 3.8) is 0 Å². The topological polar surface area (TPSA) is 54.2 Å². The third-order valence-corrected chi connectivity index (χ3v) is 3.32. The van der Waals surface area contributed by atoms with Crippen molar-refractivity contribution in [3.05, 3.63) is 18.2 Å².